The number of nitrogens with one attached hydrogen (secondary N) is 2. The molecule has 0 saturated heterocycles. The molecule has 0 atom stereocenters. The molecular weight excluding hydrogens is 374 g/mol. The normalized spacial score (nSPS) is 9.68. The second-order valence-electron chi connectivity index (χ2n) is 5.66. The molecule has 2 N–H and O–H groups in total. The summed E-state index contributed by atoms with van der Waals surface area (Å²) in [5, 5.41) is 16.8. The third-order valence-corrected chi connectivity index (χ3v) is 5.04. The molecule has 7 heteroatoms. The van der Waals surface area contributed by atoms with E-state index in [-0.39, 0.29) is 12.2 Å². The highest BCUT2D eigenvalue weighted by Gasteiger charge is 2.07. The number of nitriles is 1. The van der Waals surface area contributed by atoms with Crippen molar-refractivity contribution in [3.63, 3.8) is 0 Å². The molecule has 3 aromatic carbocycles. The molecule has 1 aromatic heterocycles. The Hall–Kier alpha value is -3.98. The van der Waals surface area contributed by atoms with Gasteiger partial charge in [-0.05, 0) is 42.5 Å². The zero-order valence-corrected chi connectivity index (χ0v) is 15.2. The van der Waals surface area contributed by atoms with Crippen LogP contribution in [0.1, 0.15) is 5.56 Å². The number of anilines is 2. The van der Waals surface area contributed by atoms with Crippen LogP contribution in [0.2, 0.25) is 0 Å². The van der Waals surface area contributed by atoms with Crippen molar-refractivity contribution in [2.75, 3.05) is 10.6 Å². The molecule has 0 radical (unpaired) electrons. The lowest BCUT2D eigenvalue weighted by Gasteiger charge is -2.08. The van der Waals surface area contributed by atoms with Crippen LogP contribution in [-0.2, 0) is 9.59 Å². The van der Waals surface area contributed by atoms with Crippen LogP contribution in [0.15, 0.2) is 66.7 Å². The lowest BCUT2D eigenvalue weighted by Crippen LogP contribution is -2.19. The first-order chi connectivity index (χ1) is 13.6. The van der Waals surface area contributed by atoms with E-state index in [1.165, 1.54) is 15.5 Å². The Kier molecular flexibility index (Phi) is 5.78. The fourth-order valence-electron chi connectivity index (χ4n) is 2.73. The van der Waals surface area contributed by atoms with E-state index in [1.54, 1.807) is 35.6 Å². The molecule has 28 heavy (non-hydrogen) atoms. The molecule has 0 spiro atoms. The molecule has 4 aromatic rings. The van der Waals surface area contributed by atoms with Crippen LogP contribution in [0.25, 0.3) is 20.2 Å². The van der Waals surface area contributed by atoms with E-state index in [2.05, 4.69) is 22.8 Å². The molecule has 0 aliphatic carbocycles. The van der Waals surface area contributed by atoms with Crippen LogP contribution in [-0.4, -0.2) is 12.2 Å². The van der Waals surface area contributed by atoms with Gasteiger partial charge in [-0.25, -0.2) is 4.79 Å². The summed E-state index contributed by atoms with van der Waals surface area (Å²) < 4.78 is 2.37. The summed E-state index contributed by atoms with van der Waals surface area (Å²) in [7, 11) is 0. The van der Waals surface area contributed by atoms with Gasteiger partial charge in [-0.3, -0.25) is 0 Å². The summed E-state index contributed by atoms with van der Waals surface area (Å²) in [6.07, 6.45) is 0.250. The standard InChI is InChI=1S/C20H13N3OS.CO2/c21-12-13-5-7-14(8-6-13)22-20(24)23-15-9-10-17-16-3-1-2-4-18(16)25-19(17)11-15;2-1-3/h1-11H,(H2,22,23,24);. The Morgan fingerprint density at radius 2 is 1.43 bits per heavy atom. The van der Waals surface area contributed by atoms with Gasteiger partial charge in [-0.15, -0.1) is 11.3 Å². The minimum atomic E-state index is -0.315. The highest BCUT2D eigenvalue weighted by Crippen LogP contribution is 2.35. The number of rotatable bonds is 2. The largest absolute Gasteiger partial charge is 0.373 e. The van der Waals surface area contributed by atoms with Gasteiger partial charge >= 0.3 is 12.2 Å². The van der Waals surface area contributed by atoms with Crippen molar-refractivity contribution in [2.45, 2.75) is 0 Å². The van der Waals surface area contributed by atoms with E-state index in [1.807, 2.05) is 36.4 Å². The molecule has 0 unspecified atom stereocenters. The van der Waals surface area contributed by atoms with E-state index < -0.39 is 0 Å². The summed E-state index contributed by atoms with van der Waals surface area (Å²) in [5.74, 6) is 0. The molecule has 4 rings (SSSR count). The number of hydrogen-bond acceptors (Lipinski definition) is 5. The molecule has 0 bridgehead atoms. The van der Waals surface area contributed by atoms with Gasteiger partial charge in [0.15, 0.2) is 0 Å². The zero-order valence-electron chi connectivity index (χ0n) is 14.4. The Balaban J connectivity index is 0.000000706. The predicted octanol–water partition coefficient (Wildman–Crippen LogP) is 4.99. The summed E-state index contributed by atoms with van der Waals surface area (Å²) in [6.45, 7) is 0. The molecule has 0 aliphatic rings. The second kappa shape index (κ2) is 8.60. The van der Waals surface area contributed by atoms with Crippen LogP contribution in [0.5, 0.6) is 0 Å². The van der Waals surface area contributed by atoms with Crippen molar-refractivity contribution in [1.29, 1.82) is 5.26 Å². The maximum atomic E-state index is 12.2. The van der Waals surface area contributed by atoms with Crippen molar-refractivity contribution in [3.05, 3.63) is 72.3 Å². The number of nitrogens with zero attached hydrogens (tertiary/aromatic N) is 1. The zero-order chi connectivity index (χ0) is 19.9. The van der Waals surface area contributed by atoms with E-state index >= 15 is 0 Å². The SMILES string of the molecule is N#Cc1ccc(NC(=O)Nc2ccc3c(c2)sc2ccccc23)cc1.O=C=O. The molecule has 136 valence electrons. The average Bonchev–Trinajstić information content (AvgIpc) is 3.07. The summed E-state index contributed by atoms with van der Waals surface area (Å²) >= 11 is 1.71. The second-order valence-corrected chi connectivity index (χ2v) is 6.74. The van der Waals surface area contributed by atoms with Gasteiger partial charge in [0.05, 0.1) is 11.6 Å². The Bertz CT molecular complexity index is 1220. The maximum Gasteiger partial charge on any atom is 0.373 e. The average molecular weight is 387 g/mol. The van der Waals surface area contributed by atoms with Crippen molar-refractivity contribution in [1.82, 2.24) is 0 Å². The van der Waals surface area contributed by atoms with Gasteiger partial charge in [0.25, 0.3) is 0 Å². The molecule has 0 fully saturated rings. The Labute approximate surface area is 164 Å². The van der Waals surface area contributed by atoms with Crippen LogP contribution in [0.4, 0.5) is 16.2 Å². The van der Waals surface area contributed by atoms with Gasteiger partial charge in [0.2, 0.25) is 0 Å². The molecule has 0 aliphatic heterocycles. The molecular formula is C21H13N3O3S. The van der Waals surface area contributed by atoms with Crippen molar-refractivity contribution >= 4 is 55.1 Å². The van der Waals surface area contributed by atoms with Gasteiger partial charge in [0.1, 0.15) is 0 Å². The number of urea groups is 1. The molecule has 1 heterocycles. The van der Waals surface area contributed by atoms with Crippen molar-refractivity contribution in [2.24, 2.45) is 0 Å². The van der Waals surface area contributed by atoms with E-state index in [9.17, 15) is 4.79 Å². The predicted molar refractivity (Wildman–Crippen MR) is 108 cm³/mol. The highest BCUT2D eigenvalue weighted by molar-refractivity contribution is 7.25. The number of amides is 2. The summed E-state index contributed by atoms with van der Waals surface area (Å²) in [5.41, 5.74) is 1.94. The lowest BCUT2D eigenvalue weighted by atomic mass is 10.1. The number of thiophene rings is 1. The van der Waals surface area contributed by atoms with E-state index in [4.69, 9.17) is 14.9 Å². The summed E-state index contributed by atoms with van der Waals surface area (Å²) in [4.78, 5) is 28.4. The Morgan fingerprint density at radius 3 is 2.14 bits per heavy atom. The first kappa shape index (κ1) is 18.8. The minimum absolute atomic E-state index is 0.250. The Morgan fingerprint density at radius 1 is 0.821 bits per heavy atom. The van der Waals surface area contributed by atoms with Gasteiger partial charge in [-0.2, -0.15) is 14.9 Å². The van der Waals surface area contributed by atoms with E-state index in [0.29, 0.717) is 11.3 Å². The highest BCUT2D eigenvalue weighted by atomic mass is 32.1. The first-order valence-corrected chi connectivity index (χ1v) is 8.95. The van der Waals surface area contributed by atoms with E-state index in [0.717, 1.165) is 10.4 Å². The van der Waals surface area contributed by atoms with Crippen LogP contribution >= 0.6 is 11.3 Å². The third kappa shape index (κ3) is 4.22. The smallest absolute Gasteiger partial charge is 0.308 e. The topological polar surface area (TPSA) is 99.1 Å². The van der Waals surface area contributed by atoms with Crippen LogP contribution < -0.4 is 10.6 Å². The summed E-state index contributed by atoms with van der Waals surface area (Å²) in [6, 6.07) is 22.7. The van der Waals surface area contributed by atoms with Crippen LogP contribution in [0, 0.1) is 11.3 Å². The molecule has 0 saturated carbocycles. The quantitative estimate of drug-likeness (QED) is 0.506. The number of carbonyl (C=O) groups is 1. The van der Waals surface area contributed by atoms with Crippen molar-refractivity contribution in [3.8, 4) is 6.07 Å². The van der Waals surface area contributed by atoms with Gasteiger partial charge in [-0.1, -0.05) is 24.3 Å². The fourth-order valence-corrected chi connectivity index (χ4v) is 3.87. The lowest BCUT2D eigenvalue weighted by molar-refractivity contribution is -0.191. The van der Waals surface area contributed by atoms with Gasteiger partial charge in [0, 0.05) is 31.5 Å². The maximum absolute atomic E-state index is 12.2. The minimum Gasteiger partial charge on any atom is -0.308 e. The number of benzene rings is 3. The number of fused-ring (bicyclic) bond motifs is 3. The molecule has 6 nitrogen and oxygen atoms in total. The fraction of sp³-hybridized carbons (Fsp3) is 0. The number of carbonyl (C=O) groups excluding carboxylic acids is 3. The van der Waals surface area contributed by atoms with Crippen molar-refractivity contribution < 1.29 is 14.4 Å². The molecule has 2 amide bonds. The third-order valence-electron chi connectivity index (χ3n) is 3.91. The van der Waals surface area contributed by atoms with Gasteiger partial charge < -0.3 is 10.6 Å². The van der Waals surface area contributed by atoms with Crippen LogP contribution in [0.3, 0.4) is 0 Å². The number of hydrogen-bond donors (Lipinski definition) is 2. The monoisotopic (exact) mass is 387 g/mol. The first-order valence-electron chi connectivity index (χ1n) is 8.13.